The predicted octanol–water partition coefficient (Wildman–Crippen LogP) is 1.30. The Bertz CT molecular complexity index is 367. The van der Waals surface area contributed by atoms with Gasteiger partial charge < -0.3 is 14.6 Å². The van der Waals surface area contributed by atoms with Gasteiger partial charge in [0.1, 0.15) is 11.5 Å². The van der Waals surface area contributed by atoms with Crippen molar-refractivity contribution in [2.75, 3.05) is 13.6 Å². The summed E-state index contributed by atoms with van der Waals surface area (Å²) in [5.41, 5.74) is 0. The molecule has 4 nitrogen and oxygen atoms in total. The Labute approximate surface area is 95.6 Å². The van der Waals surface area contributed by atoms with Crippen LogP contribution in [-0.2, 0) is 11.3 Å². The summed E-state index contributed by atoms with van der Waals surface area (Å²) in [5.74, 6) is 1.88. The highest BCUT2D eigenvalue weighted by Gasteiger charge is 2.25. The van der Waals surface area contributed by atoms with Crippen LogP contribution in [0.4, 0.5) is 0 Å². The zero-order valence-corrected chi connectivity index (χ0v) is 9.82. The molecule has 2 heterocycles. The first-order chi connectivity index (χ1) is 7.66. The van der Waals surface area contributed by atoms with Crippen LogP contribution in [0.1, 0.15) is 24.4 Å². The number of nitrogens with zero attached hydrogens (tertiary/aromatic N) is 1. The van der Waals surface area contributed by atoms with Gasteiger partial charge in [0.05, 0.1) is 12.6 Å². The topological polar surface area (TPSA) is 45.5 Å². The monoisotopic (exact) mass is 222 g/mol. The summed E-state index contributed by atoms with van der Waals surface area (Å²) in [7, 11) is 1.82. The molecule has 16 heavy (non-hydrogen) atoms. The summed E-state index contributed by atoms with van der Waals surface area (Å²) < 4.78 is 5.45. The summed E-state index contributed by atoms with van der Waals surface area (Å²) in [5, 5.41) is 3.21. The minimum Gasteiger partial charge on any atom is -0.464 e. The normalized spacial score (nSPS) is 20.0. The van der Waals surface area contributed by atoms with E-state index < -0.39 is 0 Å². The van der Waals surface area contributed by atoms with Crippen LogP contribution in [0.5, 0.6) is 0 Å². The van der Waals surface area contributed by atoms with Gasteiger partial charge in [0.15, 0.2) is 0 Å². The Morgan fingerprint density at radius 2 is 2.44 bits per heavy atom. The Balaban J connectivity index is 1.91. The van der Waals surface area contributed by atoms with Crippen molar-refractivity contribution < 1.29 is 9.21 Å². The third-order valence-electron chi connectivity index (χ3n) is 2.92. The number of hydrogen-bond acceptors (Lipinski definition) is 3. The molecule has 1 aliphatic rings. The molecule has 1 aliphatic heterocycles. The van der Waals surface area contributed by atoms with Gasteiger partial charge in [-0.25, -0.2) is 0 Å². The molecule has 4 heteroatoms. The molecule has 2 rings (SSSR count). The molecule has 88 valence electrons. The van der Waals surface area contributed by atoms with Crippen LogP contribution in [0.3, 0.4) is 0 Å². The standard InChI is InChI=1S/C12H18N2O2/c1-9-5-6-10(16-9)8-14(2)12(15)11-4-3-7-13-11/h5-6,11,13H,3-4,7-8H2,1-2H3. The Kier molecular flexibility index (Phi) is 3.29. The first kappa shape index (κ1) is 11.2. The van der Waals surface area contributed by atoms with Gasteiger partial charge in [-0.3, -0.25) is 4.79 Å². The van der Waals surface area contributed by atoms with Crippen LogP contribution in [0.25, 0.3) is 0 Å². The molecule has 1 aromatic heterocycles. The summed E-state index contributed by atoms with van der Waals surface area (Å²) in [6.45, 7) is 3.40. The highest BCUT2D eigenvalue weighted by molar-refractivity contribution is 5.81. The van der Waals surface area contributed by atoms with Crippen molar-refractivity contribution in [1.29, 1.82) is 0 Å². The summed E-state index contributed by atoms with van der Waals surface area (Å²) in [6.07, 6.45) is 2.03. The molecule has 1 aromatic rings. The zero-order chi connectivity index (χ0) is 11.5. The van der Waals surface area contributed by atoms with E-state index in [1.807, 2.05) is 26.1 Å². The molecule has 0 radical (unpaired) electrons. The SMILES string of the molecule is Cc1ccc(CN(C)C(=O)C2CCCN2)o1. The van der Waals surface area contributed by atoms with Crippen molar-refractivity contribution in [3.63, 3.8) is 0 Å². The maximum atomic E-state index is 12.0. The predicted molar refractivity (Wildman–Crippen MR) is 60.9 cm³/mol. The van der Waals surface area contributed by atoms with E-state index in [0.717, 1.165) is 30.9 Å². The molecule has 0 bridgehead atoms. The molecule has 1 amide bonds. The lowest BCUT2D eigenvalue weighted by atomic mass is 10.2. The number of aryl methyl sites for hydroxylation is 1. The van der Waals surface area contributed by atoms with Crippen molar-refractivity contribution in [3.8, 4) is 0 Å². The number of rotatable bonds is 3. The van der Waals surface area contributed by atoms with Crippen LogP contribution in [0.15, 0.2) is 16.5 Å². The Morgan fingerprint density at radius 3 is 3.00 bits per heavy atom. The second-order valence-corrected chi connectivity index (χ2v) is 4.36. The van der Waals surface area contributed by atoms with Crippen LogP contribution >= 0.6 is 0 Å². The maximum Gasteiger partial charge on any atom is 0.239 e. The van der Waals surface area contributed by atoms with E-state index in [-0.39, 0.29) is 11.9 Å². The van der Waals surface area contributed by atoms with Crippen LogP contribution < -0.4 is 5.32 Å². The number of carbonyl (C=O) groups is 1. The molecular weight excluding hydrogens is 204 g/mol. The molecule has 0 aromatic carbocycles. The first-order valence-corrected chi connectivity index (χ1v) is 5.70. The molecule has 1 N–H and O–H groups in total. The number of furan rings is 1. The highest BCUT2D eigenvalue weighted by atomic mass is 16.3. The van der Waals surface area contributed by atoms with Gasteiger partial charge in [-0.15, -0.1) is 0 Å². The van der Waals surface area contributed by atoms with E-state index in [0.29, 0.717) is 6.54 Å². The van der Waals surface area contributed by atoms with E-state index in [2.05, 4.69) is 5.32 Å². The van der Waals surface area contributed by atoms with E-state index in [1.165, 1.54) is 0 Å². The smallest absolute Gasteiger partial charge is 0.239 e. The maximum absolute atomic E-state index is 12.0. The number of likely N-dealkylation sites (N-methyl/N-ethyl adjacent to an activating group) is 1. The third kappa shape index (κ3) is 2.44. The van der Waals surface area contributed by atoms with Crippen LogP contribution in [-0.4, -0.2) is 30.4 Å². The van der Waals surface area contributed by atoms with Gasteiger partial charge in [0, 0.05) is 7.05 Å². The van der Waals surface area contributed by atoms with Crippen molar-refractivity contribution in [2.45, 2.75) is 32.4 Å². The van der Waals surface area contributed by atoms with E-state index in [4.69, 9.17) is 4.42 Å². The number of nitrogens with one attached hydrogen (secondary N) is 1. The minimum atomic E-state index is 0.000981. The first-order valence-electron chi connectivity index (χ1n) is 5.70. The number of carbonyl (C=O) groups excluding carboxylic acids is 1. The quantitative estimate of drug-likeness (QED) is 0.838. The average Bonchev–Trinajstić information content (AvgIpc) is 2.88. The van der Waals surface area contributed by atoms with E-state index in [1.54, 1.807) is 4.90 Å². The fraction of sp³-hybridized carbons (Fsp3) is 0.583. The fourth-order valence-electron chi connectivity index (χ4n) is 2.04. The van der Waals surface area contributed by atoms with Crippen molar-refractivity contribution >= 4 is 5.91 Å². The third-order valence-corrected chi connectivity index (χ3v) is 2.92. The Morgan fingerprint density at radius 1 is 1.62 bits per heavy atom. The molecule has 1 atom stereocenters. The molecule has 0 spiro atoms. The molecule has 0 aliphatic carbocycles. The molecule has 1 unspecified atom stereocenters. The molecule has 1 fully saturated rings. The lowest BCUT2D eigenvalue weighted by Crippen LogP contribution is -2.41. The minimum absolute atomic E-state index is 0.000981. The average molecular weight is 222 g/mol. The van der Waals surface area contributed by atoms with Crippen LogP contribution in [0, 0.1) is 6.92 Å². The van der Waals surface area contributed by atoms with Crippen LogP contribution in [0.2, 0.25) is 0 Å². The lowest BCUT2D eigenvalue weighted by molar-refractivity contribution is -0.132. The van der Waals surface area contributed by atoms with E-state index >= 15 is 0 Å². The molecule has 0 saturated carbocycles. The number of amides is 1. The van der Waals surface area contributed by atoms with Gasteiger partial charge in [0.2, 0.25) is 5.91 Å². The summed E-state index contributed by atoms with van der Waals surface area (Å²) in [6, 6.07) is 3.84. The molecular formula is C12H18N2O2. The largest absolute Gasteiger partial charge is 0.464 e. The second-order valence-electron chi connectivity index (χ2n) is 4.36. The van der Waals surface area contributed by atoms with Crippen molar-refractivity contribution in [3.05, 3.63) is 23.7 Å². The van der Waals surface area contributed by atoms with Gasteiger partial charge in [0.25, 0.3) is 0 Å². The van der Waals surface area contributed by atoms with Gasteiger partial charge >= 0.3 is 0 Å². The number of hydrogen-bond donors (Lipinski definition) is 1. The molecule has 1 saturated heterocycles. The van der Waals surface area contributed by atoms with Gasteiger partial charge in [-0.05, 0) is 38.4 Å². The summed E-state index contributed by atoms with van der Waals surface area (Å²) >= 11 is 0. The van der Waals surface area contributed by atoms with Crippen molar-refractivity contribution in [2.24, 2.45) is 0 Å². The fourth-order valence-corrected chi connectivity index (χ4v) is 2.04. The van der Waals surface area contributed by atoms with Gasteiger partial charge in [-0.1, -0.05) is 0 Å². The zero-order valence-electron chi connectivity index (χ0n) is 9.82. The van der Waals surface area contributed by atoms with Crippen molar-refractivity contribution in [1.82, 2.24) is 10.2 Å². The van der Waals surface area contributed by atoms with Gasteiger partial charge in [-0.2, -0.15) is 0 Å². The highest BCUT2D eigenvalue weighted by Crippen LogP contribution is 2.12. The second kappa shape index (κ2) is 4.70. The lowest BCUT2D eigenvalue weighted by Gasteiger charge is -2.19. The summed E-state index contributed by atoms with van der Waals surface area (Å²) in [4.78, 5) is 13.7. The Hall–Kier alpha value is -1.29. The van der Waals surface area contributed by atoms with E-state index in [9.17, 15) is 4.79 Å².